The number of para-hydroxylation sites is 1. The minimum Gasteiger partial charge on any atom is -0.368 e. The highest BCUT2D eigenvalue weighted by Gasteiger charge is 2.45. The number of anilines is 1. The van der Waals surface area contributed by atoms with Crippen LogP contribution in [-0.4, -0.2) is 59.1 Å². The Hall–Kier alpha value is -3.51. The zero-order valence-electron chi connectivity index (χ0n) is 23.1. The van der Waals surface area contributed by atoms with Crippen molar-refractivity contribution in [1.29, 1.82) is 0 Å². The van der Waals surface area contributed by atoms with Crippen molar-refractivity contribution in [3.05, 3.63) is 107 Å². The Balaban J connectivity index is 1.19. The second-order valence-corrected chi connectivity index (χ2v) is 12.5. The molecule has 0 N–H and O–H groups in total. The standard InChI is InChI=1S/C34H37N3O2S/c1-25-9-8-12-27(21-25)24-37-30-23-28(33(38)36-19-17-35(18-20-36)29-13-6-3-7-14-29)15-16-31(30)40-32(34(37)39)22-26-10-4-2-5-11-26/h2-14,21-22,28,30-31H,15-20,23-24H2,1H3/b32-22-. The molecule has 3 aromatic carbocycles. The highest BCUT2D eigenvalue weighted by molar-refractivity contribution is 8.04. The Morgan fingerprint density at radius 3 is 2.35 bits per heavy atom. The summed E-state index contributed by atoms with van der Waals surface area (Å²) in [6, 6.07) is 29.0. The minimum atomic E-state index is -0.0300. The van der Waals surface area contributed by atoms with Gasteiger partial charge in [-0.05, 0) is 55.5 Å². The van der Waals surface area contributed by atoms with Crippen molar-refractivity contribution < 1.29 is 9.59 Å². The van der Waals surface area contributed by atoms with Gasteiger partial charge in [-0.2, -0.15) is 0 Å². The number of carbonyl (C=O) groups is 2. The van der Waals surface area contributed by atoms with E-state index in [2.05, 4.69) is 70.2 Å². The first-order chi connectivity index (χ1) is 19.5. The second-order valence-electron chi connectivity index (χ2n) is 11.2. The summed E-state index contributed by atoms with van der Waals surface area (Å²) in [6.07, 6.45) is 4.61. The number of rotatable bonds is 5. The molecule has 1 aliphatic carbocycles. The SMILES string of the molecule is Cc1cccc(CN2C(=O)/C(=C/c3ccccc3)SC3CCC(C(=O)N4CCN(c5ccccc5)CC4)CC32)c1. The van der Waals surface area contributed by atoms with Crippen LogP contribution in [0.5, 0.6) is 0 Å². The molecule has 5 nitrogen and oxygen atoms in total. The number of aryl methyl sites for hydroxylation is 1. The van der Waals surface area contributed by atoms with Gasteiger partial charge in [0.05, 0.1) is 4.91 Å². The van der Waals surface area contributed by atoms with Gasteiger partial charge in [-0.25, -0.2) is 0 Å². The summed E-state index contributed by atoms with van der Waals surface area (Å²) < 4.78 is 0. The lowest BCUT2D eigenvalue weighted by atomic mass is 9.83. The fraction of sp³-hybridized carbons (Fsp3) is 0.353. The van der Waals surface area contributed by atoms with Gasteiger partial charge in [-0.1, -0.05) is 78.4 Å². The van der Waals surface area contributed by atoms with E-state index in [4.69, 9.17) is 0 Å². The van der Waals surface area contributed by atoms with E-state index in [1.165, 1.54) is 11.3 Å². The van der Waals surface area contributed by atoms with E-state index < -0.39 is 0 Å². The second kappa shape index (κ2) is 11.9. The van der Waals surface area contributed by atoms with Crippen molar-refractivity contribution in [1.82, 2.24) is 9.80 Å². The van der Waals surface area contributed by atoms with Gasteiger partial charge >= 0.3 is 0 Å². The first-order valence-corrected chi connectivity index (χ1v) is 15.3. The summed E-state index contributed by atoms with van der Waals surface area (Å²) in [5, 5.41) is 0.302. The molecule has 2 aliphatic heterocycles. The molecule has 2 heterocycles. The lowest BCUT2D eigenvalue weighted by Gasteiger charge is -2.47. The van der Waals surface area contributed by atoms with Crippen LogP contribution in [0.3, 0.4) is 0 Å². The van der Waals surface area contributed by atoms with Crippen molar-refractivity contribution >= 4 is 35.3 Å². The van der Waals surface area contributed by atoms with E-state index in [1.54, 1.807) is 11.8 Å². The first kappa shape index (κ1) is 26.7. The van der Waals surface area contributed by atoms with Crippen LogP contribution in [0.1, 0.15) is 36.0 Å². The van der Waals surface area contributed by atoms with E-state index in [0.29, 0.717) is 11.8 Å². The Kier molecular flexibility index (Phi) is 7.96. The third-order valence-corrected chi connectivity index (χ3v) is 9.90. The van der Waals surface area contributed by atoms with Gasteiger partial charge in [-0.3, -0.25) is 9.59 Å². The zero-order valence-corrected chi connectivity index (χ0v) is 23.9. The Bertz CT molecular complexity index is 1370. The van der Waals surface area contributed by atoms with Gasteiger partial charge in [-0.15, -0.1) is 11.8 Å². The van der Waals surface area contributed by atoms with Crippen LogP contribution in [-0.2, 0) is 16.1 Å². The maximum absolute atomic E-state index is 14.0. The number of carbonyl (C=O) groups excluding carboxylic acids is 2. The van der Waals surface area contributed by atoms with Crippen LogP contribution in [0.25, 0.3) is 6.08 Å². The number of thioether (sulfide) groups is 1. The molecule has 206 valence electrons. The summed E-state index contributed by atoms with van der Waals surface area (Å²) >= 11 is 1.72. The van der Waals surface area contributed by atoms with E-state index in [0.717, 1.165) is 61.5 Å². The quantitative estimate of drug-likeness (QED) is 0.365. The van der Waals surface area contributed by atoms with Crippen molar-refractivity contribution in [3.8, 4) is 0 Å². The van der Waals surface area contributed by atoms with E-state index >= 15 is 0 Å². The Morgan fingerprint density at radius 1 is 0.900 bits per heavy atom. The van der Waals surface area contributed by atoms with Gasteiger partial charge < -0.3 is 14.7 Å². The van der Waals surface area contributed by atoms with E-state index in [1.807, 2.05) is 42.5 Å². The van der Waals surface area contributed by atoms with Crippen LogP contribution in [0, 0.1) is 12.8 Å². The third-order valence-electron chi connectivity index (χ3n) is 8.50. The smallest absolute Gasteiger partial charge is 0.260 e. The molecular weight excluding hydrogens is 514 g/mol. The number of fused-ring (bicyclic) bond motifs is 1. The first-order valence-electron chi connectivity index (χ1n) is 14.4. The predicted octanol–water partition coefficient (Wildman–Crippen LogP) is 6.00. The normalized spacial score (nSPS) is 24.2. The zero-order chi connectivity index (χ0) is 27.5. The van der Waals surface area contributed by atoms with Gasteiger partial charge in [0.15, 0.2) is 0 Å². The number of benzene rings is 3. The summed E-state index contributed by atoms with van der Waals surface area (Å²) in [7, 11) is 0. The molecule has 3 aromatic rings. The fourth-order valence-electron chi connectivity index (χ4n) is 6.39. The third kappa shape index (κ3) is 5.83. The molecule has 3 atom stereocenters. The van der Waals surface area contributed by atoms with Crippen molar-refractivity contribution in [2.75, 3.05) is 31.1 Å². The molecule has 0 spiro atoms. The number of piperazine rings is 1. The summed E-state index contributed by atoms with van der Waals surface area (Å²) in [6.45, 7) is 5.89. The number of amides is 2. The summed E-state index contributed by atoms with van der Waals surface area (Å²) in [5.41, 5.74) is 4.60. The highest BCUT2D eigenvalue weighted by Crippen LogP contribution is 2.44. The molecule has 0 aromatic heterocycles. The summed E-state index contributed by atoms with van der Waals surface area (Å²) in [5.74, 6) is 0.323. The average Bonchev–Trinajstić information content (AvgIpc) is 3.00. The molecular formula is C34H37N3O2S. The molecule has 3 aliphatic rings. The van der Waals surface area contributed by atoms with Crippen LogP contribution in [0.4, 0.5) is 5.69 Å². The molecule has 6 rings (SSSR count). The number of hydrogen-bond donors (Lipinski definition) is 0. The molecule has 2 saturated heterocycles. The van der Waals surface area contributed by atoms with Crippen molar-refractivity contribution in [2.24, 2.45) is 5.92 Å². The van der Waals surface area contributed by atoms with E-state index in [-0.39, 0.29) is 23.8 Å². The van der Waals surface area contributed by atoms with Gasteiger partial charge in [0, 0.05) is 55.6 Å². The minimum absolute atomic E-state index is 0.0300. The highest BCUT2D eigenvalue weighted by atomic mass is 32.2. The van der Waals surface area contributed by atoms with Gasteiger partial charge in [0.1, 0.15) is 0 Å². The lowest BCUT2D eigenvalue weighted by molar-refractivity contribution is -0.140. The summed E-state index contributed by atoms with van der Waals surface area (Å²) in [4.78, 5) is 35.0. The van der Waals surface area contributed by atoms with Crippen LogP contribution >= 0.6 is 11.8 Å². The molecule has 1 saturated carbocycles. The van der Waals surface area contributed by atoms with Crippen LogP contribution in [0.2, 0.25) is 0 Å². The van der Waals surface area contributed by atoms with Crippen LogP contribution in [0.15, 0.2) is 89.8 Å². The molecule has 0 radical (unpaired) electrons. The van der Waals surface area contributed by atoms with Crippen molar-refractivity contribution in [3.63, 3.8) is 0 Å². The largest absolute Gasteiger partial charge is 0.368 e. The predicted molar refractivity (Wildman–Crippen MR) is 164 cm³/mol. The molecule has 3 fully saturated rings. The van der Waals surface area contributed by atoms with Crippen LogP contribution < -0.4 is 4.90 Å². The molecule has 2 amide bonds. The van der Waals surface area contributed by atoms with Gasteiger partial charge in [0.25, 0.3) is 5.91 Å². The topological polar surface area (TPSA) is 43.9 Å². The molecule has 3 unspecified atom stereocenters. The van der Waals surface area contributed by atoms with Crippen molar-refractivity contribution in [2.45, 2.75) is 44.0 Å². The maximum atomic E-state index is 14.0. The van der Waals surface area contributed by atoms with E-state index in [9.17, 15) is 9.59 Å². The maximum Gasteiger partial charge on any atom is 0.260 e. The molecule has 40 heavy (non-hydrogen) atoms. The Morgan fingerprint density at radius 2 is 1.62 bits per heavy atom. The average molecular weight is 552 g/mol. The lowest BCUT2D eigenvalue weighted by Crippen LogP contribution is -2.55. The number of hydrogen-bond acceptors (Lipinski definition) is 4. The van der Waals surface area contributed by atoms with Gasteiger partial charge in [0.2, 0.25) is 5.91 Å². The fourth-order valence-corrected chi connectivity index (χ4v) is 7.81. The number of nitrogens with zero attached hydrogens (tertiary/aromatic N) is 3. The molecule has 6 heteroatoms. The molecule has 0 bridgehead atoms. The monoisotopic (exact) mass is 551 g/mol. The Labute approximate surface area is 241 Å².